The van der Waals surface area contributed by atoms with Crippen LogP contribution in [0, 0.1) is 27.7 Å². The summed E-state index contributed by atoms with van der Waals surface area (Å²) in [6, 6.07) is 11.4. The van der Waals surface area contributed by atoms with Gasteiger partial charge in [-0.2, -0.15) is 0 Å². The maximum atomic E-state index is 12.0. The zero-order valence-electron chi connectivity index (χ0n) is 16.7. The summed E-state index contributed by atoms with van der Waals surface area (Å²) in [7, 11) is 0. The number of hydrogen-bond acceptors (Lipinski definition) is 4. The lowest BCUT2D eigenvalue weighted by Crippen LogP contribution is -2.22. The summed E-state index contributed by atoms with van der Waals surface area (Å²) in [4.78, 5) is 35.8. The molecule has 0 aliphatic carbocycles. The summed E-state index contributed by atoms with van der Waals surface area (Å²) in [5.41, 5.74) is 5.43. The monoisotopic (exact) mass is 382 g/mol. The van der Waals surface area contributed by atoms with Gasteiger partial charge in [0.05, 0.1) is 6.42 Å². The number of esters is 1. The van der Waals surface area contributed by atoms with Crippen molar-refractivity contribution in [2.75, 3.05) is 17.2 Å². The minimum absolute atomic E-state index is 0.00902. The van der Waals surface area contributed by atoms with E-state index in [0.717, 1.165) is 27.9 Å². The molecule has 0 aromatic heterocycles. The Kier molecular flexibility index (Phi) is 7.32. The number of carbonyl (C=O) groups excluding carboxylic acids is 3. The fourth-order valence-electron chi connectivity index (χ4n) is 2.66. The normalized spacial score (nSPS) is 10.3. The molecule has 0 aliphatic heterocycles. The van der Waals surface area contributed by atoms with Crippen molar-refractivity contribution in [3.63, 3.8) is 0 Å². The van der Waals surface area contributed by atoms with Crippen LogP contribution in [0.15, 0.2) is 36.4 Å². The molecule has 6 nitrogen and oxygen atoms in total. The van der Waals surface area contributed by atoms with E-state index < -0.39 is 11.9 Å². The van der Waals surface area contributed by atoms with Gasteiger partial charge in [0.1, 0.15) is 0 Å². The molecular weight excluding hydrogens is 356 g/mol. The molecule has 0 saturated heterocycles. The van der Waals surface area contributed by atoms with Gasteiger partial charge < -0.3 is 15.4 Å². The Morgan fingerprint density at radius 3 is 2.11 bits per heavy atom. The van der Waals surface area contributed by atoms with Gasteiger partial charge >= 0.3 is 5.97 Å². The fraction of sp³-hybridized carbons (Fsp3) is 0.318. The molecule has 0 saturated carbocycles. The van der Waals surface area contributed by atoms with Crippen molar-refractivity contribution in [1.82, 2.24) is 0 Å². The van der Waals surface area contributed by atoms with E-state index in [-0.39, 0.29) is 25.4 Å². The van der Waals surface area contributed by atoms with E-state index in [1.165, 1.54) is 0 Å². The number of aryl methyl sites for hydroxylation is 4. The molecule has 0 heterocycles. The second-order valence-electron chi connectivity index (χ2n) is 6.89. The molecule has 0 fully saturated rings. The quantitative estimate of drug-likeness (QED) is 0.713. The maximum absolute atomic E-state index is 12.0. The van der Waals surface area contributed by atoms with Crippen LogP contribution < -0.4 is 10.6 Å². The average molecular weight is 382 g/mol. The second-order valence-corrected chi connectivity index (χ2v) is 6.89. The molecule has 2 N–H and O–H groups in total. The predicted octanol–water partition coefficient (Wildman–Crippen LogP) is 3.82. The summed E-state index contributed by atoms with van der Waals surface area (Å²) in [5.74, 6) is -1.28. The molecule has 0 aliphatic rings. The lowest BCUT2D eigenvalue weighted by molar-refractivity contribution is -0.147. The summed E-state index contributed by atoms with van der Waals surface area (Å²) in [6.07, 6.45) is -0.0988. The van der Waals surface area contributed by atoms with Gasteiger partial charge in [-0.25, -0.2) is 0 Å². The van der Waals surface area contributed by atoms with E-state index >= 15 is 0 Å². The number of ether oxygens (including phenoxy) is 1. The molecule has 0 bridgehead atoms. The highest BCUT2D eigenvalue weighted by Crippen LogP contribution is 2.17. The van der Waals surface area contributed by atoms with Crippen molar-refractivity contribution in [1.29, 1.82) is 0 Å². The Morgan fingerprint density at radius 2 is 1.39 bits per heavy atom. The molecule has 2 aromatic carbocycles. The van der Waals surface area contributed by atoms with Gasteiger partial charge in [0, 0.05) is 17.8 Å². The van der Waals surface area contributed by atoms with E-state index in [2.05, 4.69) is 10.6 Å². The van der Waals surface area contributed by atoms with Crippen LogP contribution in [0.3, 0.4) is 0 Å². The van der Waals surface area contributed by atoms with Crippen LogP contribution in [0.1, 0.15) is 35.1 Å². The summed E-state index contributed by atoms with van der Waals surface area (Å²) in [5, 5.41) is 5.50. The number of amides is 2. The lowest BCUT2D eigenvalue weighted by atomic mass is 10.1. The molecule has 6 heteroatoms. The minimum Gasteiger partial charge on any atom is -0.456 e. The number of hydrogen-bond donors (Lipinski definition) is 2. The van der Waals surface area contributed by atoms with Crippen molar-refractivity contribution in [3.8, 4) is 0 Å². The van der Waals surface area contributed by atoms with Gasteiger partial charge in [0.25, 0.3) is 5.91 Å². The first kappa shape index (κ1) is 21.2. The largest absolute Gasteiger partial charge is 0.456 e. The highest BCUT2D eigenvalue weighted by molar-refractivity contribution is 5.95. The van der Waals surface area contributed by atoms with Crippen molar-refractivity contribution in [2.24, 2.45) is 0 Å². The van der Waals surface area contributed by atoms with Crippen LogP contribution in [0.25, 0.3) is 0 Å². The number of anilines is 2. The molecule has 0 spiro atoms. The van der Waals surface area contributed by atoms with E-state index in [1.54, 1.807) is 0 Å². The third-order valence-corrected chi connectivity index (χ3v) is 4.24. The van der Waals surface area contributed by atoms with Crippen LogP contribution in [-0.2, 0) is 19.1 Å². The molecule has 0 atom stereocenters. The third-order valence-electron chi connectivity index (χ3n) is 4.24. The third kappa shape index (κ3) is 6.54. The van der Waals surface area contributed by atoms with Gasteiger partial charge in [-0.3, -0.25) is 14.4 Å². The van der Waals surface area contributed by atoms with E-state index in [9.17, 15) is 14.4 Å². The van der Waals surface area contributed by atoms with Crippen molar-refractivity contribution >= 4 is 29.2 Å². The number of carbonyl (C=O) groups is 3. The van der Waals surface area contributed by atoms with Crippen molar-refractivity contribution < 1.29 is 19.1 Å². The Bertz CT molecular complexity index is 890. The summed E-state index contributed by atoms with van der Waals surface area (Å²) in [6.45, 7) is 7.32. The SMILES string of the molecule is Cc1ccc(NC(=O)COC(=O)CCC(=O)Nc2cc(C)ccc2C)c(C)c1. The van der Waals surface area contributed by atoms with Gasteiger partial charge in [-0.15, -0.1) is 0 Å². The topological polar surface area (TPSA) is 84.5 Å². The Labute approximate surface area is 165 Å². The zero-order valence-corrected chi connectivity index (χ0v) is 16.7. The van der Waals surface area contributed by atoms with Crippen LogP contribution in [0.5, 0.6) is 0 Å². The number of nitrogens with one attached hydrogen (secondary N) is 2. The molecule has 0 radical (unpaired) electrons. The van der Waals surface area contributed by atoms with Crippen LogP contribution in [-0.4, -0.2) is 24.4 Å². The summed E-state index contributed by atoms with van der Waals surface area (Å²) < 4.78 is 4.95. The van der Waals surface area contributed by atoms with Gasteiger partial charge in [-0.05, 0) is 56.5 Å². The average Bonchev–Trinajstić information content (AvgIpc) is 2.63. The Morgan fingerprint density at radius 1 is 0.750 bits per heavy atom. The highest BCUT2D eigenvalue weighted by atomic mass is 16.5. The summed E-state index contributed by atoms with van der Waals surface area (Å²) >= 11 is 0. The Balaban J connectivity index is 1.74. The smallest absolute Gasteiger partial charge is 0.306 e. The van der Waals surface area contributed by atoms with Crippen molar-refractivity contribution in [3.05, 3.63) is 58.7 Å². The fourth-order valence-corrected chi connectivity index (χ4v) is 2.66. The van der Waals surface area contributed by atoms with Crippen LogP contribution in [0.4, 0.5) is 11.4 Å². The molecule has 2 aromatic rings. The van der Waals surface area contributed by atoms with Gasteiger partial charge in [0.2, 0.25) is 5.91 Å². The van der Waals surface area contributed by atoms with Gasteiger partial charge in [-0.1, -0.05) is 29.8 Å². The first-order valence-corrected chi connectivity index (χ1v) is 9.14. The van der Waals surface area contributed by atoms with Crippen LogP contribution >= 0.6 is 0 Å². The first-order valence-electron chi connectivity index (χ1n) is 9.14. The highest BCUT2D eigenvalue weighted by Gasteiger charge is 2.12. The lowest BCUT2D eigenvalue weighted by Gasteiger charge is -2.10. The zero-order chi connectivity index (χ0) is 20.7. The molecule has 28 heavy (non-hydrogen) atoms. The van der Waals surface area contributed by atoms with E-state index in [1.807, 2.05) is 64.1 Å². The molecule has 0 unspecified atom stereocenters. The molecule has 2 amide bonds. The standard InChI is InChI=1S/C22H26N2O4/c1-14-6-8-18(17(4)11-14)23-21(26)13-28-22(27)10-9-20(25)24-19-12-15(2)5-7-16(19)3/h5-8,11-12H,9-10,13H2,1-4H3,(H,23,26)(H,24,25). The predicted molar refractivity (Wildman–Crippen MR) is 109 cm³/mol. The minimum atomic E-state index is -0.591. The first-order chi connectivity index (χ1) is 13.2. The number of benzene rings is 2. The maximum Gasteiger partial charge on any atom is 0.306 e. The second kappa shape index (κ2) is 9.69. The molecule has 148 valence electrons. The van der Waals surface area contributed by atoms with E-state index in [0.29, 0.717) is 5.69 Å². The number of rotatable bonds is 7. The molecule has 2 rings (SSSR count). The van der Waals surface area contributed by atoms with Gasteiger partial charge in [0.15, 0.2) is 6.61 Å². The van der Waals surface area contributed by atoms with Crippen LogP contribution in [0.2, 0.25) is 0 Å². The van der Waals surface area contributed by atoms with Crippen molar-refractivity contribution in [2.45, 2.75) is 40.5 Å². The Hall–Kier alpha value is -3.15. The molecular formula is C22H26N2O4. The van der Waals surface area contributed by atoms with E-state index in [4.69, 9.17) is 4.74 Å².